The van der Waals surface area contributed by atoms with Crippen LogP contribution in [0.2, 0.25) is 0 Å². The maximum absolute atomic E-state index is 13.6. The molecule has 14 heteroatoms. The molecule has 3 unspecified atom stereocenters. The summed E-state index contributed by atoms with van der Waals surface area (Å²) in [5.41, 5.74) is -1.61. The first-order chi connectivity index (χ1) is 11.1. The van der Waals surface area contributed by atoms with E-state index in [1.165, 1.54) is 0 Å². The van der Waals surface area contributed by atoms with Crippen LogP contribution in [0.3, 0.4) is 0 Å². The summed E-state index contributed by atoms with van der Waals surface area (Å²) < 4.78 is 144. The molecule has 26 heavy (non-hydrogen) atoms. The molecule has 0 aliphatic rings. The van der Waals surface area contributed by atoms with E-state index in [4.69, 9.17) is 0 Å². The molecule has 0 aromatic heterocycles. The van der Waals surface area contributed by atoms with Crippen LogP contribution in [0.15, 0.2) is 0 Å². The quantitative estimate of drug-likeness (QED) is 0.546. The highest BCUT2D eigenvalue weighted by molar-refractivity contribution is 5.75. The number of aliphatic hydroxyl groups is 1. The number of esters is 1. The molecular weight excluding hydrogens is 401 g/mol. The SMILES string of the molecule is CC(C)(C)OC(=O)C(O)C(C(F)C(F)(F)C(F)(F)C(F)(F)F)C(F)(F)F. The Kier molecular flexibility index (Phi) is 6.64. The summed E-state index contributed by atoms with van der Waals surface area (Å²) >= 11 is 0. The highest BCUT2D eigenvalue weighted by atomic mass is 19.4. The number of alkyl halides is 11. The Balaban J connectivity index is 6.01. The van der Waals surface area contributed by atoms with Gasteiger partial charge in [-0.15, -0.1) is 0 Å². The van der Waals surface area contributed by atoms with E-state index in [2.05, 4.69) is 4.74 Å². The number of carbonyl (C=O) groups excluding carboxylic acids is 1. The third-order valence-corrected chi connectivity index (χ3v) is 2.80. The van der Waals surface area contributed by atoms with Gasteiger partial charge in [-0.1, -0.05) is 0 Å². The summed E-state index contributed by atoms with van der Waals surface area (Å²) in [6.45, 7) is 3.12. The highest BCUT2D eigenvalue weighted by Gasteiger charge is 2.78. The number of hydrogen-bond acceptors (Lipinski definition) is 3. The second kappa shape index (κ2) is 7.00. The number of halogens is 11. The summed E-state index contributed by atoms with van der Waals surface area (Å²) in [4.78, 5) is 11.3. The van der Waals surface area contributed by atoms with Crippen LogP contribution in [0.5, 0.6) is 0 Å². The highest BCUT2D eigenvalue weighted by Crippen LogP contribution is 2.52. The minimum Gasteiger partial charge on any atom is -0.458 e. The molecule has 0 radical (unpaired) electrons. The Hall–Kier alpha value is -1.34. The van der Waals surface area contributed by atoms with Crippen LogP contribution in [0.1, 0.15) is 20.8 Å². The Morgan fingerprint density at radius 1 is 0.885 bits per heavy atom. The van der Waals surface area contributed by atoms with Crippen molar-refractivity contribution in [1.29, 1.82) is 0 Å². The van der Waals surface area contributed by atoms with Crippen molar-refractivity contribution in [2.45, 2.75) is 62.8 Å². The van der Waals surface area contributed by atoms with Crippen LogP contribution in [0.4, 0.5) is 48.3 Å². The molecule has 0 spiro atoms. The van der Waals surface area contributed by atoms with Crippen molar-refractivity contribution in [2.75, 3.05) is 0 Å². The minimum absolute atomic E-state index is 1.04. The van der Waals surface area contributed by atoms with Crippen molar-refractivity contribution in [3.8, 4) is 0 Å². The van der Waals surface area contributed by atoms with E-state index >= 15 is 0 Å². The Morgan fingerprint density at radius 2 is 1.27 bits per heavy atom. The number of carbonyl (C=O) groups is 1. The molecule has 0 heterocycles. The summed E-state index contributed by atoms with van der Waals surface area (Å²) in [6.07, 6.45) is -22.5. The average Bonchev–Trinajstić information content (AvgIpc) is 2.32. The molecule has 0 saturated carbocycles. The third kappa shape index (κ3) is 5.10. The van der Waals surface area contributed by atoms with Crippen LogP contribution in [0, 0.1) is 5.92 Å². The van der Waals surface area contributed by atoms with Crippen LogP contribution in [0.25, 0.3) is 0 Å². The molecule has 0 aliphatic carbocycles. The zero-order valence-electron chi connectivity index (χ0n) is 13.2. The van der Waals surface area contributed by atoms with Crippen LogP contribution < -0.4 is 0 Å². The van der Waals surface area contributed by atoms with Gasteiger partial charge < -0.3 is 9.84 Å². The van der Waals surface area contributed by atoms with Crippen LogP contribution in [-0.4, -0.2) is 53.2 Å². The van der Waals surface area contributed by atoms with Gasteiger partial charge in [-0.05, 0) is 20.8 Å². The number of aliphatic hydroxyl groups excluding tert-OH is 1. The first kappa shape index (κ1) is 24.7. The van der Waals surface area contributed by atoms with Gasteiger partial charge in [0, 0.05) is 0 Å². The van der Waals surface area contributed by atoms with Crippen LogP contribution in [-0.2, 0) is 9.53 Å². The lowest BCUT2D eigenvalue weighted by Crippen LogP contribution is -2.62. The van der Waals surface area contributed by atoms with E-state index in [1.807, 2.05) is 0 Å². The minimum atomic E-state index is -7.21. The van der Waals surface area contributed by atoms with Crippen molar-refractivity contribution in [3.05, 3.63) is 0 Å². The standard InChI is InChI=1S/C12H13F11O3/c1-8(2,3)26-7(25)5(24)4(10(16,17)18)6(13)9(14,15)11(19,20)12(21,22)23/h4-6,24H,1-3H3. The molecule has 0 aromatic rings. The summed E-state index contributed by atoms with van der Waals surface area (Å²) in [7, 11) is 0. The predicted molar refractivity (Wildman–Crippen MR) is 62.2 cm³/mol. The molecule has 156 valence electrons. The van der Waals surface area contributed by atoms with E-state index in [9.17, 15) is 58.2 Å². The van der Waals surface area contributed by atoms with E-state index in [1.54, 1.807) is 0 Å². The first-order valence-corrected chi connectivity index (χ1v) is 6.51. The fraction of sp³-hybridized carbons (Fsp3) is 0.917. The van der Waals surface area contributed by atoms with Gasteiger partial charge in [0.2, 0.25) is 0 Å². The molecule has 0 amide bonds. The smallest absolute Gasteiger partial charge is 0.458 e. The van der Waals surface area contributed by atoms with E-state index in [0.29, 0.717) is 0 Å². The van der Waals surface area contributed by atoms with Gasteiger partial charge in [0.15, 0.2) is 12.3 Å². The van der Waals surface area contributed by atoms with Gasteiger partial charge in [-0.2, -0.15) is 43.9 Å². The largest absolute Gasteiger partial charge is 0.459 e. The van der Waals surface area contributed by atoms with Gasteiger partial charge in [0.25, 0.3) is 0 Å². The number of hydrogen-bond donors (Lipinski definition) is 1. The normalized spacial score (nSPS) is 18.3. The average molecular weight is 414 g/mol. The lowest BCUT2D eigenvalue weighted by Gasteiger charge is -2.36. The Labute approximate surface area is 139 Å². The van der Waals surface area contributed by atoms with Gasteiger partial charge in [-0.25, -0.2) is 9.18 Å². The Morgan fingerprint density at radius 3 is 1.54 bits per heavy atom. The summed E-state index contributed by atoms with van der Waals surface area (Å²) in [5.74, 6) is -21.1. The van der Waals surface area contributed by atoms with Gasteiger partial charge in [-0.3, -0.25) is 0 Å². The molecule has 0 bridgehead atoms. The van der Waals surface area contributed by atoms with Crippen molar-refractivity contribution < 1.29 is 62.9 Å². The first-order valence-electron chi connectivity index (χ1n) is 6.51. The molecule has 0 aromatic carbocycles. The van der Waals surface area contributed by atoms with Crippen molar-refractivity contribution in [1.82, 2.24) is 0 Å². The van der Waals surface area contributed by atoms with Gasteiger partial charge in [0.05, 0.1) is 0 Å². The topological polar surface area (TPSA) is 46.5 Å². The Bertz CT molecular complexity index is 504. The lowest BCUT2D eigenvalue weighted by atomic mass is 9.89. The molecule has 0 saturated heterocycles. The fourth-order valence-electron chi connectivity index (χ4n) is 1.60. The van der Waals surface area contributed by atoms with E-state index in [-0.39, 0.29) is 0 Å². The second-order valence-electron chi connectivity index (χ2n) is 6.14. The number of ether oxygens (including phenoxy) is 1. The maximum Gasteiger partial charge on any atom is 0.459 e. The zero-order chi connectivity index (χ0) is 21.5. The molecule has 3 nitrogen and oxygen atoms in total. The molecule has 1 N–H and O–H groups in total. The molecular formula is C12H13F11O3. The van der Waals surface area contributed by atoms with Crippen molar-refractivity contribution >= 4 is 5.97 Å². The third-order valence-electron chi connectivity index (χ3n) is 2.80. The number of rotatable bonds is 5. The monoisotopic (exact) mass is 414 g/mol. The fourth-order valence-corrected chi connectivity index (χ4v) is 1.60. The predicted octanol–water partition coefficient (Wildman–Crippen LogP) is 4.04. The van der Waals surface area contributed by atoms with E-state index < -0.39 is 54.0 Å². The second-order valence-corrected chi connectivity index (χ2v) is 6.14. The zero-order valence-corrected chi connectivity index (χ0v) is 13.2. The van der Waals surface area contributed by atoms with Gasteiger partial charge in [0.1, 0.15) is 11.5 Å². The van der Waals surface area contributed by atoms with Gasteiger partial charge >= 0.3 is 30.2 Å². The van der Waals surface area contributed by atoms with Crippen LogP contribution >= 0.6 is 0 Å². The summed E-state index contributed by atoms with van der Waals surface area (Å²) in [5, 5.41) is 9.18. The van der Waals surface area contributed by atoms with Crippen molar-refractivity contribution in [2.24, 2.45) is 5.92 Å². The molecule has 0 fully saturated rings. The molecule has 0 aliphatic heterocycles. The van der Waals surface area contributed by atoms with Crippen molar-refractivity contribution in [3.63, 3.8) is 0 Å². The summed E-state index contributed by atoms with van der Waals surface area (Å²) in [6, 6.07) is 0. The lowest BCUT2D eigenvalue weighted by molar-refractivity contribution is -0.377. The molecule has 0 rings (SSSR count). The molecule has 3 atom stereocenters. The maximum atomic E-state index is 13.6. The van der Waals surface area contributed by atoms with E-state index in [0.717, 1.165) is 20.8 Å².